The van der Waals surface area contributed by atoms with Gasteiger partial charge in [-0.15, -0.1) is 22.7 Å². The minimum atomic E-state index is -0.498. The Hall–Kier alpha value is -2.84. The number of amides is 2. The molecule has 0 saturated carbocycles. The number of aryl methyl sites for hydroxylation is 1. The summed E-state index contributed by atoms with van der Waals surface area (Å²) < 4.78 is 13.3. The number of carbonyl (C=O) groups excluding carboxylic acids is 2. The van der Waals surface area contributed by atoms with E-state index in [1.165, 1.54) is 23.2 Å². The first-order chi connectivity index (χ1) is 14.0. The van der Waals surface area contributed by atoms with Crippen molar-refractivity contribution >= 4 is 40.2 Å². The summed E-state index contributed by atoms with van der Waals surface area (Å²) in [5.41, 5.74) is 2.15. The molecule has 1 N–H and O–H groups in total. The van der Waals surface area contributed by atoms with Crippen molar-refractivity contribution in [3.63, 3.8) is 0 Å². The second kappa shape index (κ2) is 8.26. The molecule has 5 nitrogen and oxygen atoms in total. The Bertz CT molecular complexity index is 1080. The number of nitrogens with zero attached hydrogens (tertiary/aromatic N) is 2. The van der Waals surface area contributed by atoms with Crippen LogP contribution in [-0.2, 0) is 4.79 Å². The zero-order valence-corrected chi connectivity index (χ0v) is 17.2. The zero-order valence-electron chi connectivity index (χ0n) is 15.6. The van der Waals surface area contributed by atoms with Gasteiger partial charge in [-0.2, -0.15) is 5.10 Å². The number of rotatable bonds is 5. The molecule has 1 aliphatic heterocycles. The molecular formula is C21H18FN3O2S2. The Morgan fingerprint density at radius 3 is 2.76 bits per heavy atom. The SMILES string of the molecule is Cc1ccsc1[C@H]1CC(c2cccs2)=NN1C(=O)CNC(=O)c1cccc(F)c1. The van der Waals surface area contributed by atoms with Crippen LogP contribution in [0.15, 0.2) is 58.3 Å². The number of hydrogen-bond donors (Lipinski definition) is 1. The highest BCUT2D eigenvalue weighted by molar-refractivity contribution is 7.12. The van der Waals surface area contributed by atoms with Crippen LogP contribution < -0.4 is 5.32 Å². The molecule has 0 spiro atoms. The van der Waals surface area contributed by atoms with Gasteiger partial charge in [0.25, 0.3) is 11.8 Å². The third-order valence-corrected chi connectivity index (χ3v) is 6.70. The molecule has 4 rings (SSSR count). The van der Waals surface area contributed by atoms with Gasteiger partial charge in [0.1, 0.15) is 5.82 Å². The number of halogens is 1. The number of nitrogens with one attached hydrogen (secondary N) is 1. The molecule has 1 aromatic carbocycles. The van der Waals surface area contributed by atoms with Crippen LogP contribution in [0.25, 0.3) is 0 Å². The predicted molar refractivity (Wildman–Crippen MR) is 113 cm³/mol. The molecule has 2 amide bonds. The topological polar surface area (TPSA) is 61.8 Å². The largest absolute Gasteiger partial charge is 0.343 e. The highest BCUT2D eigenvalue weighted by atomic mass is 32.1. The van der Waals surface area contributed by atoms with Gasteiger partial charge in [-0.1, -0.05) is 12.1 Å². The van der Waals surface area contributed by atoms with Gasteiger partial charge in [0.2, 0.25) is 0 Å². The molecule has 148 valence electrons. The van der Waals surface area contributed by atoms with Gasteiger partial charge >= 0.3 is 0 Å². The zero-order chi connectivity index (χ0) is 20.4. The third-order valence-electron chi connectivity index (χ3n) is 4.66. The van der Waals surface area contributed by atoms with Gasteiger partial charge in [0, 0.05) is 16.9 Å². The van der Waals surface area contributed by atoms with E-state index in [1.54, 1.807) is 22.7 Å². The monoisotopic (exact) mass is 427 g/mol. The molecule has 0 saturated heterocycles. The van der Waals surface area contributed by atoms with E-state index in [0.717, 1.165) is 27.1 Å². The van der Waals surface area contributed by atoms with E-state index < -0.39 is 11.7 Å². The summed E-state index contributed by atoms with van der Waals surface area (Å²) in [5.74, 6) is -1.30. The van der Waals surface area contributed by atoms with E-state index in [2.05, 4.69) is 10.4 Å². The van der Waals surface area contributed by atoms with E-state index in [1.807, 2.05) is 35.9 Å². The third kappa shape index (κ3) is 4.13. The molecule has 2 aromatic heterocycles. The average molecular weight is 428 g/mol. The van der Waals surface area contributed by atoms with E-state index in [9.17, 15) is 14.0 Å². The smallest absolute Gasteiger partial charge is 0.262 e. The first-order valence-corrected chi connectivity index (χ1v) is 10.8. The van der Waals surface area contributed by atoms with Crippen molar-refractivity contribution in [2.45, 2.75) is 19.4 Å². The summed E-state index contributed by atoms with van der Waals surface area (Å²) in [6, 6.07) is 11.1. The summed E-state index contributed by atoms with van der Waals surface area (Å²) in [5, 5.41) is 12.6. The van der Waals surface area contributed by atoms with Crippen molar-refractivity contribution < 1.29 is 14.0 Å². The maximum absolute atomic E-state index is 13.3. The molecule has 0 fully saturated rings. The van der Waals surface area contributed by atoms with Crippen molar-refractivity contribution in [1.29, 1.82) is 0 Å². The second-order valence-corrected chi connectivity index (χ2v) is 8.54. The number of carbonyl (C=O) groups is 2. The highest BCUT2D eigenvalue weighted by Gasteiger charge is 2.34. The molecule has 0 radical (unpaired) electrons. The molecule has 0 aliphatic carbocycles. The molecule has 0 bridgehead atoms. The van der Waals surface area contributed by atoms with Crippen LogP contribution in [0.4, 0.5) is 4.39 Å². The van der Waals surface area contributed by atoms with Gasteiger partial charge in [-0.3, -0.25) is 9.59 Å². The van der Waals surface area contributed by atoms with Crippen molar-refractivity contribution in [2.75, 3.05) is 6.54 Å². The Kier molecular flexibility index (Phi) is 5.55. The number of benzene rings is 1. The maximum Gasteiger partial charge on any atom is 0.262 e. The fourth-order valence-corrected chi connectivity index (χ4v) is 4.96. The lowest BCUT2D eigenvalue weighted by Gasteiger charge is -2.21. The minimum Gasteiger partial charge on any atom is -0.343 e. The summed E-state index contributed by atoms with van der Waals surface area (Å²) in [6.45, 7) is 1.81. The molecule has 0 unspecified atom stereocenters. The van der Waals surface area contributed by atoms with Gasteiger partial charge in [-0.05, 0) is 53.6 Å². The van der Waals surface area contributed by atoms with Gasteiger partial charge < -0.3 is 5.32 Å². The Balaban J connectivity index is 1.52. The molecule has 3 heterocycles. The molecular weight excluding hydrogens is 409 g/mol. The van der Waals surface area contributed by atoms with E-state index in [-0.39, 0.29) is 24.1 Å². The van der Waals surface area contributed by atoms with Crippen LogP contribution in [0.3, 0.4) is 0 Å². The second-order valence-electron chi connectivity index (χ2n) is 6.64. The lowest BCUT2D eigenvalue weighted by Crippen LogP contribution is -2.38. The van der Waals surface area contributed by atoms with Gasteiger partial charge in [0.05, 0.1) is 23.2 Å². The molecule has 29 heavy (non-hydrogen) atoms. The van der Waals surface area contributed by atoms with Gasteiger partial charge in [0.15, 0.2) is 0 Å². The highest BCUT2D eigenvalue weighted by Crippen LogP contribution is 2.37. The van der Waals surface area contributed by atoms with E-state index in [0.29, 0.717) is 6.42 Å². The Morgan fingerprint density at radius 1 is 1.21 bits per heavy atom. The Morgan fingerprint density at radius 2 is 2.07 bits per heavy atom. The van der Waals surface area contributed by atoms with Crippen molar-refractivity contribution in [1.82, 2.24) is 10.3 Å². The number of hydrogen-bond acceptors (Lipinski definition) is 5. The fourth-order valence-electron chi connectivity index (χ4n) is 3.23. The first-order valence-electron chi connectivity index (χ1n) is 9.04. The van der Waals surface area contributed by atoms with Crippen LogP contribution in [0.5, 0.6) is 0 Å². The normalized spacial score (nSPS) is 16.0. The molecule has 3 aromatic rings. The average Bonchev–Trinajstić information content (AvgIpc) is 3.45. The van der Waals surface area contributed by atoms with Crippen molar-refractivity contribution in [3.05, 3.63) is 79.9 Å². The molecule has 8 heteroatoms. The number of thiophene rings is 2. The van der Waals surface area contributed by atoms with Crippen LogP contribution in [0.1, 0.15) is 38.1 Å². The van der Waals surface area contributed by atoms with Gasteiger partial charge in [-0.25, -0.2) is 9.40 Å². The van der Waals surface area contributed by atoms with E-state index >= 15 is 0 Å². The van der Waals surface area contributed by atoms with Crippen molar-refractivity contribution in [3.8, 4) is 0 Å². The van der Waals surface area contributed by atoms with Crippen LogP contribution >= 0.6 is 22.7 Å². The van der Waals surface area contributed by atoms with Crippen LogP contribution in [0, 0.1) is 12.7 Å². The predicted octanol–water partition coefficient (Wildman–Crippen LogP) is 4.36. The quantitative estimate of drug-likeness (QED) is 0.657. The van der Waals surface area contributed by atoms with Crippen molar-refractivity contribution in [2.24, 2.45) is 5.10 Å². The summed E-state index contributed by atoms with van der Waals surface area (Å²) in [6.07, 6.45) is 0.630. The van der Waals surface area contributed by atoms with Crippen LogP contribution in [0.2, 0.25) is 0 Å². The molecule has 1 atom stereocenters. The first kappa shape index (κ1) is 19.5. The van der Waals surface area contributed by atoms with E-state index in [4.69, 9.17) is 0 Å². The lowest BCUT2D eigenvalue weighted by molar-refractivity contribution is -0.131. The summed E-state index contributed by atoms with van der Waals surface area (Å²) in [4.78, 5) is 27.3. The van der Waals surface area contributed by atoms with Crippen LogP contribution in [-0.4, -0.2) is 29.1 Å². The summed E-state index contributed by atoms with van der Waals surface area (Å²) in [7, 11) is 0. The summed E-state index contributed by atoms with van der Waals surface area (Å²) >= 11 is 3.18. The number of hydrazone groups is 1. The standard InChI is InChI=1S/C21H18FN3O2S2/c1-13-7-9-29-20(13)17-11-16(18-6-3-8-28-18)24-25(17)19(26)12-23-21(27)14-4-2-5-15(22)10-14/h2-10,17H,11-12H2,1H3,(H,23,27)/t17-/m1/s1. The fraction of sp³-hybridized carbons (Fsp3) is 0.190. The molecule has 1 aliphatic rings. The Labute approximate surface area is 175 Å². The maximum atomic E-state index is 13.3. The minimum absolute atomic E-state index is 0.174. The lowest BCUT2D eigenvalue weighted by atomic mass is 10.1.